The van der Waals surface area contributed by atoms with Gasteiger partial charge in [0.2, 0.25) is 0 Å². The molecular weight excluding hydrogens is 244 g/mol. The van der Waals surface area contributed by atoms with Gasteiger partial charge in [0, 0.05) is 6.42 Å². The largest absolute Gasteiger partial charge is 0.362 e. The van der Waals surface area contributed by atoms with E-state index in [1.54, 1.807) is 17.7 Å². The topological polar surface area (TPSA) is 35.0 Å². The van der Waals surface area contributed by atoms with E-state index in [0.717, 1.165) is 22.7 Å². The Labute approximate surface area is 111 Å². The van der Waals surface area contributed by atoms with Gasteiger partial charge in [-0.25, -0.2) is 9.97 Å². The van der Waals surface area contributed by atoms with Crippen LogP contribution in [0.5, 0.6) is 0 Å². The van der Waals surface area contributed by atoms with Gasteiger partial charge in [-0.05, 0) is 17.5 Å². The van der Waals surface area contributed by atoms with Gasteiger partial charge in [0.15, 0.2) is 0 Å². The first-order valence-corrected chi connectivity index (χ1v) is 6.66. The van der Waals surface area contributed by atoms with Crippen molar-refractivity contribution in [2.24, 2.45) is 0 Å². The molecule has 0 saturated carbocycles. The highest BCUT2D eigenvalue weighted by Gasteiger charge is 2.02. The highest BCUT2D eigenvalue weighted by molar-refractivity contribution is 7.13. The zero-order valence-corrected chi connectivity index (χ0v) is 11.0. The first-order valence-electron chi connectivity index (χ1n) is 5.78. The quantitative estimate of drug-likeness (QED) is 0.624. The minimum atomic E-state index is 0.451. The summed E-state index contributed by atoms with van der Waals surface area (Å²) >= 11 is 1.67. The lowest BCUT2D eigenvalue weighted by Gasteiger charge is -2.01. The highest BCUT2D eigenvalue weighted by atomic mass is 32.1. The monoisotopic (exact) mass is 258 g/mol. The average Bonchev–Trinajstić information content (AvgIpc) is 2.93. The van der Waals surface area contributed by atoms with Crippen molar-refractivity contribution in [3.8, 4) is 22.4 Å². The van der Waals surface area contributed by atoms with Crippen LogP contribution >= 0.6 is 11.3 Å². The van der Waals surface area contributed by atoms with Crippen LogP contribution in [0.1, 0.15) is 19.0 Å². The van der Waals surface area contributed by atoms with Crippen molar-refractivity contribution >= 4 is 11.3 Å². The Morgan fingerprint density at radius 2 is 2.28 bits per heavy atom. The molecule has 0 saturated heterocycles. The van der Waals surface area contributed by atoms with Crippen LogP contribution in [0.4, 0.5) is 0 Å². The van der Waals surface area contributed by atoms with E-state index >= 15 is 0 Å². The van der Waals surface area contributed by atoms with E-state index in [-0.39, 0.29) is 0 Å². The summed E-state index contributed by atoms with van der Waals surface area (Å²) in [6.45, 7) is 2.94. The zero-order valence-electron chi connectivity index (χ0n) is 10.2. The van der Waals surface area contributed by atoms with Gasteiger partial charge in [0.05, 0.1) is 22.9 Å². The fraction of sp³-hybridized carbons (Fsp3) is 0.286. The van der Waals surface area contributed by atoms with Crippen LogP contribution in [-0.4, -0.2) is 16.6 Å². The Hall–Kier alpha value is -1.70. The summed E-state index contributed by atoms with van der Waals surface area (Å²) in [6, 6.07) is 6.02. The Bertz CT molecular complexity index is 540. The summed E-state index contributed by atoms with van der Waals surface area (Å²) in [4.78, 5) is 9.59. The lowest BCUT2D eigenvalue weighted by molar-refractivity contribution is 0.150. The average molecular weight is 258 g/mol. The van der Waals surface area contributed by atoms with E-state index in [4.69, 9.17) is 4.74 Å². The SMILES string of the molecule is CCC#CCOCc1cc(-c2cccs2)ncn1. The van der Waals surface area contributed by atoms with Crippen LogP contribution in [0.15, 0.2) is 29.9 Å². The van der Waals surface area contributed by atoms with Crippen LogP contribution < -0.4 is 0 Å². The molecule has 0 radical (unpaired) electrons. The van der Waals surface area contributed by atoms with Crippen LogP contribution in [0.25, 0.3) is 10.6 Å². The van der Waals surface area contributed by atoms with Gasteiger partial charge in [0.25, 0.3) is 0 Å². The van der Waals surface area contributed by atoms with E-state index in [0.29, 0.717) is 13.2 Å². The number of aromatic nitrogens is 2. The lowest BCUT2D eigenvalue weighted by Crippen LogP contribution is -1.97. The predicted octanol–water partition coefficient (Wildman–Crippen LogP) is 3.14. The predicted molar refractivity (Wildman–Crippen MR) is 73.1 cm³/mol. The molecule has 0 bridgehead atoms. The first kappa shape index (κ1) is 12.7. The molecule has 92 valence electrons. The number of nitrogens with zero attached hydrogens (tertiary/aromatic N) is 2. The fourth-order valence-electron chi connectivity index (χ4n) is 1.42. The Kier molecular flexibility index (Phi) is 4.88. The van der Waals surface area contributed by atoms with Crippen LogP contribution in [0, 0.1) is 11.8 Å². The molecule has 0 N–H and O–H groups in total. The molecule has 0 aromatic carbocycles. The highest BCUT2D eigenvalue weighted by Crippen LogP contribution is 2.22. The Balaban J connectivity index is 1.96. The molecule has 0 fully saturated rings. The van der Waals surface area contributed by atoms with Crippen molar-refractivity contribution < 1.29 is 4.74 Å². The van der Waals surface area contributed by atoms with Gasteiger partial charge in [-0.3, -0.25) is 0 Å². The molecule has 4 heteroatoms. The molecule has 2 rings (SSSR count). The molecule has 0 spiro atoms. The van der Waals surface area contributed by atoms with Crippen molar-refractivity contribution in [1.29, 1.82) is 0 Å². The minimum Gasteiger partial charge on any atom is -0.362 e. The fourth-order valence-corrected chi connectivity index (χ4v) is 2.11. The van der Waals surface area contributed by atoms with Crippen LogP contribution in [0.2, 0.25) is 0 Å². The van der Waals surface area contributed by atoms with Gasteiger partial charge in [-0.15, -0.1) is 17.3 Å². The molecule has 2 aromatic heterocycles. The van der Waals surface area contributed by atoms with E-state index in [1.807, 2.05) is 30.5 Å². The molecule has 3 nitrogen and oxygen atoms in total. The first-order chi connectivity index (χ1) is 8.90. The molecule has 2 heterocycles. The minimum absolute atomic E-state index is 0.451. The number of ether oxygens (including phenoxy) is 1. The maximum atomic E-state index is 5.43. The summed E-state index contributed by atoms with van der Waals surface area (Å²) in [7, 11) is 0. The van der Waals surface area contributed by atoms with Gasteiger partial charge in [0.1, 0.15) is 12.9 Å². The summed E-state index contributed by atoms with van der Waals surface area (Å²) in [5.41, 5.74) is 1.82. The van der Waals surface area contributed by atoms with Crippen molar-refractivity contribution in [3.05, 3.63) is 35.6 Å². The third kappa shape index (κ3) is 3.66. The van der Waals surface area contributed by atoms with E-state index in [9.17, 15) is 0 Å². The molecular formula is C14H14N2OS. The van der Waals surface area contributed by atoms with Crippen molar-refractivity contribution in [2.45, 2.75) is 20.0 Å². The van der Waals surface area contributed by atoms with Crippen LogP contribution in [0.3, 0.4) is 0 Å². The molecule has 0 unspecified atom stereocenters. The second kappa shape index (κ2) is 6.90. The molecule has 2 aromatic rings. The van der Waals surface area contributed by atoms with Crippen molar-refractivity contribution in [2.75, 3.05) is 6.61 Å². The second-order valence-corrected chi connectivity index (χ2v) is 4.52. The second-order valence-electron chi connectivity index (χ2n) is 3.57. The molecule has 0 amide bonds. The molecule has 0 atom stereocenters. The molecule has 0 aliphatic carbocycles. The summed E-state index contributed by atoms with van der Waals surface area (Å²) in [5.74, 6) is 5.90. The summed E-state index contributed by atoms with van der Waals surface area (Å²) < 4.78 is 5.43. The maximum absolute atomic E-state index is 5.43. The van der Waals surface area contributed by atoms with Gasteiger partial charge in [-0.2, -0.15) is 0 Å². The zero-order chi connectivity index (χ0) is 12.6. The van der Waals surface area contributed by atoms with E-state index in [2.05, 4.69) is 21.8 Å². The third-order valence-electron chi connectivity index (χ3n) is 2.22. The Morgan fingerprint density at radius 3 is 3.06 bits per heavy atom. The molecule has 0 aliphatic heterocycles. The van der Waals surface area contributed by atoms with Crippen molar-refractivity contribution in [3.63, 3.8) is 0 Å². The van der Waals surface area contributed by atoms with Gasteiger partial charge >= 0.3 is 0 Å². The number of hydrogen-bond donors (Lipinski definition) is 0. The summed E-state index contributed by atoms with van der Waals surface area (Å²) in [5, 5.41) is 2.04. The van der Waals surface area contributed by atoms with Crippen molar-refractivity contribution in [1.82, 2.24) is 9.97 Å². The Morgan fingerprint density at radius 1 is 1.33 bits per heavy atom. The number of hydrogen-bond acceptors (Lipinski definition) is 4. The maximum Gasteiger partial charge on any atom is 0.116 e. The normalized spacial score (nSPS) is 9.83. The molecule has 18 heavy (non-hydrogen) atoms. The number of rotatable bonds is 4. The number of thiophene rings is 1. The van der Waals surface area contributed by atoms with Gasteiger partial charge in [-0.1, -0.05) is 18.9 Å². The standard InChI is InChI=1S/C14H14N2OS/c1-2-3-4-7-17-10-12-9-13(16-11-15-12)14-6-5-8-18-14/h5-6,8-9,11H,2,7,10H2,1H3. The summed E-state index contributed by atoms with van der Waals surface area (Å²) in [6.07, 6.45) is 2.44. The van der Waals surface area contributed by atoms with Crippen LogP contribution in [-0.2, 0) is 11.3 Å². The molecule has 0 aliphatic rings. The van der Waals surface area contributed by atoms with E-state index < -0.39 is 0 Å². The van der Waals surface area contributed by atoms with Gasteiger partial charge < -0.3 is 4.74 Å². The third-order valence-corrected chi connectivity index (χ3v) is 3.12. The lowest BCUT2D eigenvalue weighted by atomic mass is 10.3. The smallest absolute Gasteiger partial charge is 0.116 e. The van der Waals surface area contributed by atoms with E-state index in [1.165, 1.54) is 0 Å².